The molecule has 90 valence electrons. The van der Waals surface area contributed by atoms with E-state index in [2.05, 4.69) is 9.97 Å². The fourth-order valence-electron chi connectivity index (χ4n) is 1.66. The quantitative estimate of drug-likeness (QED) is 0.683. The summed E-state index contributed by atoms with van der Waals surface area (Å²) < 4.78 is 1.05. The van der Waals surface area contributed by atoms with E-state index < -0.39 is 0 Å². The molecule has 0 amide bonds. The summed E-state index contributed by atoms with van der Waals surface area (Å²) in [5.41, 5.74) is 8.06. The number of benzene rings is 1. The van der Waals surface area contributed by atoms with Gasteiger partial charge in [0.05, 0.1) is 21.6 Å². The molecule has 2 N–H and O–H groups in total. The molecular weight excluding hydrogens is 289 g/mol. The van der Waals surface area contributed by atoms with Gasteiger partial charge in [0.1, 0.15) is 10.5 Å². The van der Waals surface area contributed by atoms with Crippen LogP contribution in [0, 0.1) is 0 Å². The highest BCUT2D eigenvalue weighted by Crippen LogP contribution is 2.38. The highest BCUT2D eigenvalue weighted by molar-refractivity contribution is 7.21. The number of rotatable bonds is 1. The first kappa shape index (κ1) is 11.7. The molecule has 0 atom stereocenters. The second-order valence-electron chi connectivity index (χ2n) is 3.71. The second-order valence-corrected chi connectivity index (χ2v) is 5.59. The van der Waals surface area contributed by atoms with E-state index in [9.17, 15) is 0 Å². The van der Waals surface area contributed by atoms with Crippen LogP contribution in [0.5, 0.6) is 0 Å². The van der Waals surface area contributed by atoms with Crippen molar-refractivity contribution >= 4 is 50.4 Å². The molecule has 2 heterocycles. The van der Waals surface area contributed by atoms with Crippen LogP contribution in [0.4, 0.5) is 5.69 Å². The van der Waals surface area contributed by atoms with Gasteiger partial charge in [-0.25, -0.2) is 4.98 Å². The van der Waals surface area contributed by atoms with Crippen molar-refractivity contribution in [2.45, 2.75) is 0 Å². The third-order valence-corrected chi connectivity index (χ3v) is 4.12. The van der Waals surface area contributed by atoms with E-state index in [4.69, 9.17) is 28.9 Å². The zero-order chi connectivity index (χ0) is 12.7. The lowest BCUT2D eigenvalue weighted by molar-refractivity contribution is 1.34. The van der Waals surface area contributed by atoms with E-state index in [1.165, 1.54) is 11.3 Å². The molecule has 0 bridgehead atoms. The smallest absolute Gasteiger partial charge is 0.126 e. The number of pyridine rings is 1. The number of hydrogen-bond donors (Lipinski definition) is 1. The first-order chi connectivity index (χ1) is 8.65. The lowest BCUT2D eigenvalue weighted by Crippen LogP contribution is -1.91. The van der Waals surface area contributed by atoms with E-state index in [-0.39, 0.29) is 0 Å². The number of nitrogens with two attached hydrogens (primary N) is 1. The molecule has 0 saturated carbocycles. The molecule has 0 radical (unpaired) electrons. The van der Waals surface area contributed by atoms with Crippen molar-refractivity contribution in [2.24, 2.45) is 0 Å². The lowest BCUT2D eigenvalue weighted by atomic mass is 10.2. The minimum Gasteiger partial charge on any atom is -0.397 e. The molecule has 0 spiro atoms. The van der Waals surface area contributed by atoms with E-state index in [1.54, 1.807) is 24.5 Å². The Morgan fingerprint density at radius 2 is 2.06 bits per heavy atom. The fourth-order valence-corrected chi connectivity index (χ4v) is 3.11. The number of aromatic nitrogens is 2. The van der Waals surface area contributed by atoms with E-state index >= 15 is 0 Å². The van der Waals surface area contributed by atoms with Crippen molar-refractivity contribution in [3.8, 4) is 10.6 Å². The van der Waals surface area contributed by atoms with Crippen LogP contribution in [0.25, 0.3) is 20.8 Å². The van der Waals surface area contributed by atoms with Gasteiger partial charge in [-0.15, -0.1) is 11.3 Å². The molecule has 1 aromatic carbocycles. The van der Waals surface area contributed by atoms with Crippen LogP contribution < -0.4 is 5.73 Å². The Morgan fingerprint density at radius 3 is 2.83 bits per heavy atom. The average Bonchev–Trinajstić information content (AvgIpc) is 2.77. The summed E-state index contributed by atoms with van der Waals surface area (Å²) in [6.07, 6.45) is 3.45. The Labute approximate surface area is 117 Å². The van der Waals surface area contributed by atoms with Gasteiger partial charge in [0.2, 0.25) is 0 Å². The molecule has 3 nitrogen and oxygen atoms in total. The van der Waals surface area contributed by atoms with Crippen LogP contribution >= 0.6 is 34.5 Å². The molecule has 0 fully saturated rings. The Hall–Kier alpha value is -1.36. The summed E-state index contributed by atoms with van der Waals surface area (Å²) in [5, 5.41) is 1.77. The van der Waals surface area contributed by atoms with Crippen LogP contribution in [0.3, 0.4) is 0 Å². The predicted molar refractivity (Wildman–Crippen MR) is 77.3 cm³/mol. The highest BCUT2D eigenvalue weighted by atomic mass is 35.5. The van der Waals surface area contributed by atoms with Crippen molar-refractivity contribution in [3.05, 3.63) is 40.6 Å². The summed E-state index contributed by atoms with van der Waals surface area (Å²) in [5.74, 6) is 0. The van der Waals surface area contributed by atoms with Crippen LogP contribution in [-0.4, -0.2) is 9.97 Å². The summed E-state index contributed by atoms with van der Waals surface area (Å²) in [4.78, 5) is 8.52. The van der Waals surface area contributed by atoms with E-state index in [0.29, 0.717) is 15.7 Å². The van der Waals surface area contributed by atoms with Gasteiger partial charge in [-0.05, 0) is 18.2 Å². The number of anilines is 1. The van der Waals surface area contributed by atoms with Crippen molar-refractivity contribution < 1.29 is 0 Å². The van der Waals surface area contributed by atoms with Crippen molar-refractivity contribution in [1.29, 1.82) is 0 Å². The monoisotopic (exact) mass is 295 g/mol. The third-order valence-electron chi connectivity index (χ3n) is 2.51. The van der Waals surface area contributed by atoms with Gasteiger partial charge in [-0.3, -0.25) is 4.98 Å². The number of nitrogen functional groups attached to an aromatic ring is 1. The highest BCUT2D eigenvalue weighted by Gasteiger charge is 2.12. The first-order valence-corrected chi connectivity index (χ1v) is 6.68. The molecule has 6 heteroatoms. The van der Waals surface area contributed by atoms with Crippen LogP contribution in [0.2, 0.25) is 10.0 Å². The molecule has 2 aromatic heterocycles. The Morgan fingerprint density at radius 1 is 1.22 bits per heavy atom. The van der Waals surface area contributed by atoms with Gasteiger partial charge in [0.15, 0.2) is 0 Å². The third kappa shape index (κ3) is 1.92. The van der Waals surface area contributed by atoms with Gasteiger partial charge < -0.3 is 5.73 Å². The van der Waals surface area contributed by atoms with Gasteiger partial charge in [-0.1, -0.05) is 23.2 Å². The molecular formula is C12H7Cl2N3S. The fraction of sp³-hybridized carbons (Fsp3) is 0. The Balaban J connectivity index is 2.26. The number of thiazole rings is 1. The molecule has 0 aliphatic carbocycles. The molecule has 18 heavy (non-hydrogen) atoms. The van der Waals surface area contributed by atoms with Gasteiger partial charge in [-0.2, -0.15) is 0 Å². The number of halogens is 2. The standard InChI is InChI=1S/C12H7Cl2N3S/c13-6-3-7(11(15)8(14)4-6)12-17-9-5-16-2-1-10(9)18-12/h1-5H,15H2. The first-order valence-electron chi connectivity index (χ1n) is 5.10. The van der Waals surface area contributed by atoms with E-state index in [1.807, 2.05) is 6.07 Å². The molecule has 3 aromatic rings. The molecule has 3 rings (SSSR count). The number of nitrogens with zero attached hydrogens (tertiary/aromatic N) is 2. The predicted octanol–water partition coefficient (Wildman–Crippen LogP) is 4.25. The SMILES string of the molecule is Nc1c(Cl)cc(Cl)cc1-c1nc2cnccc2s1. The largest absolute Gasteiger partial charge is 0.397 e. The number of fused-ring (bicyclic) bond motifs is 1. The van der Waals surface area contributed by atoms with Crippen molar-refractivity contribution in [1.82, 2.24) is 9.97 Å². The minimum atomic E-state index is 0.440. The van der Waals surface area contributed by atoms with E-state index in [0.717, 1.165) is 20.8 Å². The Kier molecular flexibility index (Phi) is 2.86. The maximum Gasteiger partial charge on any atom is 0.126 e. The Bertz CT molecular complexity index is 706. The van der Waals surface area contributed by atoms with Crippen LogP contribution in [0.15, 0.2) is 30.6 Å². The van der Waals surface area contributed by atoms with Gasteiger partial charge in [0, 0.05) is 16.8 Å². The maximum absolute atomic E-state index is 6.02. The lowest BCUT2D eigenvalue weighted by Gasteiger charge is -2.04. The van der Waals surface area contributed by atoms with Gasteiger partial charge >= 0.3 is 0 Å². The molecule has 0 aliphatic rings. The molecule has 0 aliphatic heterocycles. The maximum atomic E-state index is 6.02. The summed E-state index contributed by atoms with van der Waals surface area (Å²) in [6, 6.07) is 5.31. The molecule has 0 unspecified atom stereocenters. The zero-order valence-electron chi connectivity index (χ0n) is 9.02. The van der Waals surface area contributed by atoms with Gasteiger partial charge in [0.25, 0.3) is 0 Å². The zero-order valence-corrected chi connectivity index (χ0v) is 11.4. The van der Waals surface area contributed by atoms with Crippen molar-refractivity contribution in [2.75, 3.05) is 5.73 Å². The summed E-state index contributed by atoms with van der Waals surface area (Å²) in [6.45, 7) is 0. The topological polar surface area (TPSA) is 51.8 Å². The minimum absolute atomic E-state index is 0.440. The van der Waals surface area contributed by atoms with Crippen LogP contribution in [0.1, 0.15) is 0 Å². The van der Waals surface area contributed by atoms with Crippen LogP contribution in [-0.2, 0) is 0 Å². The molecule has 0 saturated heterocycles. The summed E-state index contributed by atoms with van der Waals surface area (Å²) in [7, 11) is 0. The average molecular weight is 296 g/mol. The number of hydrogen-bond acceptors (Lipinski definition) is 4. The van der Waals surface area contributed by atoms with Crippen molar-refractivity contribution in [3.63, 3.8) is 0 Å². The summed E-state index contributed by atoms with van der Waals surface area (Å²) >= 11 is 13.6. The second kappa shape index (κ2) is 4.39. The normalized spacial score (nSPS) is 11.0.